The number of nitrogens with one attached hydrogen (secondary N) is 2. The molecule has 1 amide bonds. The molecule has 3 rings (SSSR count). The Bertz CT molecular complexity index is 839. The Kier molecular flexibility index (Phi) is 7.15. The van der Waals surface area contributed by atoms with Gasteiger partial charge in [-0.1, -0.05) is 23.7 Å². The number of carbonyl (C=O) groups is 1. The molecule has 1 saturated carbocycles. The summed E-state index contributed by atoms with van der Waals surface area (Å²) in [6, 6.07) is 7.01. The number of amides is 1. The summed E-state index contributed by atoms with van der Waals surface area (Å²) in [5.41, 5.74) is 6.17. The zero-order chi connectivity index (χ0) is 21.7. The monoisotopic (exact) mass is 431 g/mol. The first-order valence-electron chi connectivity index (χ1n) is 10.2. The largest absolute Gasteiger partial charge is 0.390 e. The van der Waals surface area contributed by atoms with Crippen LogP contribution in [0.25, 0.3) is 0 Å². The third kappa shape index (κ3) is 4.84. The number of methoxy groups -OCH3 is 1. The minimum Gasteiger partial charge on any atom is -0.390 e. The highest BCUT2D eigenvalue weighted by molar-refractivity contribution is 6.30. The lowest BCUT2D eigenvalue weighted by atomic mass is 9.81. The molecule has 1 aliphatic carbocycles. The quantitative estimate of drug-likeness (QED) is 0.413. The number of ether oxygens (including phenoxy) is 1. The molecular weight excluding hydrogens is 402 g/mol. The van der Waals surface area contributed by atoms with Crippen LogP contribution in [0.15, 0.2) is 41.2 Å². The van der Waals surface area contributed by atoms with Crippen molar-refractivity contribution in [3.8, 4) is 0 Å². The summed E-state index contributed by atoms with van der Waals surface area (Å²) in [5.74, 6) is 1.01. The molecule has 0 radical (unpaired) electrons. The summed E-state index contributed by atoms with van der Waals surface area (Å²) in [5, 5.41) is 11.6. The fourth-order valence-corrected chi connectivity index (χ4v) is 4.62. The van der Waals surface area contributed by atoms with Gasteiger partial charge in [0.1, 0.15) is 12.0 Å². The lowest BCUT2D eigenvalue weighted by Crippen LogP contribution is -2.43. The number of rotatable bonds is 9. The summed E-state index contributed by atoms with van der Waals surface area (Å²) < 4.78 is 5.83. The van der Waals surface area contributed by atoms with Crippen LogP contribution in [0.5, 0.6) is 0 Å². The van der Waals surface area contributed by atoms with Gasteiger partial charge in [-0.3, -0.25) is 4.79 Å². The van der Waals surface area contributed by atoms with Crippen LogP contribution in [-0.4, -0.2) is 49.3 Å². The van der Waals surface area contributed by atoms with Crippen LogP contribution in [0, 0.1) is 16.7 Å². The third-order valence-electron chi connectivity index (χ3n) is 5.90. The predicted octanol–water partition coefficient (Wildman–Crippen LogP) is 2.94. The molecular formula is C22H30ClN5O2. The van der Waals surface area contributed by atoms with Gasteiger partial charge in [-0.25, -0.2) is 4.99 Å². The molecule has 7 nitrogen and oxygen atoms in total. The van der Waals surface area contributed by atoms with E-state index in [0.717, 1.165) is 31.4 Å². The van der Waals surface area contributed by atoms with Crippen molar-refractivity contribution in [1.82, 2.24) is 10.2 Å². The van der Waals surface area contributed by atoms with Crippen LogP contribution < -0.4 is 11.1 Å². The maximum atomic E-state index is 12.4. The Labute approximate surface area is 182 Å². The highest BCUT2D eigenvalue weighted by Crippen LogP contribution is 2.53. The first kappa shape index (κ1) is 22.3. The van der Waals surface area contributed by atoms with Crippen molar-refractivity contribution in [2.24, 2.45) is 22.1 Å². The molecule has 1 aliphatic heterocycles. The molecule has 1 heterocycles. The van der Waals surface area contributed by atoms with E-state index >= 15 is 0 Å². The molecule has 4 N–H and O–H groups in total. The van der Waals surface area contributed by atoms with E-state index in [1.54, 1.807) is 25.5 Å². The average molecular weight is 432 g/mol. The SMILES string of the molecule is COC1N(C(=C/C(C)NC(=O)Cc2cccc(Cl)c2)/N=C\N)CC[C@@]1(C=N)C1CC1. The Morgan fingerprint density at radius 1 is 1.53 bits per heavy atom. The van der Waals surface area contributed by atoms with Crippen molar-refractivity contribution in [2.75, 3.05) is 13.7 Å². The lowest BCUT2D eigenvalue weighted by Gasteiger charge is -2.35. The Hall–Kier alpha value is -2.38. The van der Waals surface area contributed by atoms with E-state index < -0.39 is 0 Å². The van der Waals surface area contributed by atoms with Gasteiger partial charge in [0.25, 0.3) is 0 Å². The number of benzene rings is 1. The second-order valence-electron chi connectivity index (χ2n) is 8.03. The van der Waals surface area contributed by atoms with Gasteiger partial charge in [0.2, 0.25) is 5.91 Å². The van der Waals surface area contributed by atoms with Crippen molar-refractivity contribution in [3.63, 3.8) is 0 Å². The summed E-state index contributed by atoms with van der Waals surface area (Å²) in [7, 11) is 1.67. The molecule has 0 spiro atoms. The third-order valence-corrected chi connectivity index (χ3v) is 6.14. The molecule has 1 aromatic carbocycles. The summed E-state index contributed by atoms with van der Waals surface area (Å²) >= 11 is 6.00. The van der Waals surface area contributed by atoms with E-state index in [9.17, 15) is 4.79 Å². The van der Waals surface area contributed by atoms with Gasteiger partial charge >= 0.3 is 0 Å². The molecule has 2 aliphatic rings. The standard InChI is InChI=1S/C22H30ClN5O2/c1-15(27-20(29)12-16-4-3-5-18(23)11-16)10-19(26-14-25)28-9-8-22(13-24,17-6-7-17)21(28)30-2/h3-5,10-11,13-15,17,21,24H,6-9,12H2,1-2H3,(H2,25,26)(H,27,29)/b19-10+,24-13?/t15?,21?,22-/m1/s1. The Morgan fingerprint density at radius 3 is 2.90 bits per heavy atom. The zero-order valence-electron chi connectivity index (χ0n) is 17.5. The van der Waals surface area contributed by atoms with E-state index in [-0.39, 0.29) is 30.0 Å². The van der Waals surface area contributed by atoms with Crippen molar-refractivity contribution >= 4 is 30.1 Å². The summed E-state index contributed by atoms with van der Waals surface area (Å²) in [4.78, 5) is 18.8. The van der Waals surface area contributed by atoms with E-state index in [1.807, 2.05) is 30.0 Å². The highest BCUT2D eigenvalue weighted by Gasteiger charge is 2.55. The van der Waals surface area contributed by atoms with E-state index in [0.29, 0.717) is 16.8 Å². The number of halogens is 1. The smallest absolute Gasteiger partial charge is 0.224 e. The van der Waals surface area contributed by atoms with Gasteiger partial charge in [-0.05, 0) is 55.9 Å². The topological polar surface area (TPSA) is 104 Å². The van der Waals surface area contributed by atoms with Gasteiger partial charge in [0.05, 0.1) is 18.2 Å². The van der Waals surface area contributed by atoms with Crippen LogP contribution in [0.3, 0.4) is 0 Å². The second kappa shape index (κ2) is 9.62. The number of nitrogens with zero attached hydrogens (tertiary/aromatic N) is 2. The molecule has 1 aromatic rings. The normalized spacial score (nSPS) is 25.5. The maximum Gasteiger partial charge on any atom is 0.224 e. The highest BCUT2D eigenvalue weighted by atomic mass is 35.5. The second-order valence-corrected chi connectivity index (χ2v) is 8.46. The van der Waals surface area contributed by atoms with Gasteiger partial charge in [0.15, 0.2) is 0 Å². The molecule has 8 heteroatoms. The van der Waals surface area contributed by atoms with Crippen molar-refractivity contribution in [3.05, 3.63) is 46.7 Å². The van der Waals surface area contributed by atoms with Crippen LogP contribution in [-0.2, 0) is 16.0 Å². The number of hydrogen-bond donors (Lipinski definition) is 3. The number of nitrogens with two attached hydrogens (primary N) is 1. The molecule has 1 saturated heterocycles. The minimum atomic E-state index is -0.295. The summed E-state index contributed by atoms with van der Waals surface area (Å²) in [6.07, 6.45) is 7.74. The number of hydrogen-bond acceptors (Lipinski definition) is 5. The molecule has 3 atom stereocenters. The number of likely N-dealkylation sites (tertiary alicyclic amines) is 1. The molecule has 0 bridgehead atoms. The minimum absolute atomic E-state index is 0.103. The van der Waals surface area contributed by atoms with Crippen LogP contribution in [0.2, 0.25) is 5.02 Å². The first-order valence-corrected chi connectivity index (χ1v) is 10.6. The zero-order valence-corrected chi connectivity index (χ0v) is 18.2. The van der Waals surface area contributed by atoms with Crippen molar-refractivity contribution in [2.45, 2.75) is 44.9 Å². The average Bonchev–Trinajstić information content (AvgIpc) is 3.48. The van der Waals surface area contributed by atoms with E-state index in [4.69, 9.17) is 27.5 Å². The summed E-state index contributed by atoms with van der Waals surface area (Å²) in [6.45, 7) is 2.61. The fourth-order valence-electron chi connectivity index (χ4n) is 4.41. The number of carbonyl (C=O) groups excluding carboxylic acids is 1. The van der Waals surface area contributed by atoms with E-state index in [1.165, 1.54) is 6.34 Å². The van der Waals surface area contributed by atoms with Crippen molar-refractivity contribution < 1.29 is 9.53 Å². The maximum absolute atomic E-state index is 12.4. The molecule has 0 aromatic heterocycles. The van der Waals surface area contributed by atoms with Gasteiger partial charge < -0.3 is 26.1 Å². The fraction of sp³-hybridized carbons (Fsp3) is 0.500. The van der Waals surface area contributed by atoms with E-state index in [2.05, 4.69) is 10.3 Å². The number of aliphatic imine (C=N–C) groups is 1. The van der Waals surface area contributed by atoms with Gasteiger partial charge in [0, 0.05) is 30.9 Å². The molecule has 2 unspecified atom stereocenters. The molecule has 30 heavy (non-hydrogen) atoms. The Morgan fingerprint density at radius 2 is 2.30 bits per heavy atom. The van der Waals surface area contributed by atoms with Gasteiger partial charge in [-0.15, -0.1) is 0 Å². The van der Waals surface area contributed by atoms with Crippen LogP contribution >= 0.6 is 11.6 Å². The Balaban J connectivity index is 1.71. The first-order chi connectivity index (χ1) is 14.4. The lowest BCUT2D eigenvalue weighted by molar-refractivity contribution is -0.120. The molecule has 2 fully saturated rings. The molecule has 162 valence electrons. The predicted molar refractivity (Wildman–Crippen MR) is 120 cm³/mol. The van der Waals surface area contributed by atoms with Crippen LogP contribution in [0.4, 0.5) is 0 Å². The van der Waals surface area contributed by atoms with Crippen molar-refractivity contribution in [1.29, 1.82) is 5.41 Å². The van der Waals surface area contributed by atoms with Gasteiger partial charge in [-0.2, -0.15) is 0 Å². The van der Waals surface area contributed by atoms with Crippen LogP contribution in [0.1, 0.15) is 31.7 Å².